The van der Waals surface area contributed by atoms with Crippen LogP contribution in [0.1, 0.15) is 42.0 Å². The van der Waals surface area contributed by atoms with Crippen LogP contribution in [0.4, 0.5) is 8.78 Å². The van der Waals surface area contributed by atoms with Gasteiger partial charge in [-0.25, -0.2) is 23.4 Å². The number of amides is 1. The quantitative estimate of drug-likeness (QED) is 0.545. The summed E-state index contributed by atoms with van der Waals surface area (Å²) < 4.78 is 30.3. The lowest BCUT2D eigenvalue weighted by molar-refractivity contribution is -0.128. The van der Waals surface area contributed by atoms with E-state index in [0.29, 0.717) is 43.3 Å². The van der Waals surface area contributed by atoms with Crippen LogP contribution in [0.15, 0.2) is 24.5 Å². The summed E-state index contributed by atoms with van der Waals surface area (Å²) in [6, 6.07) is 4.57. The molecule has 0 atom stereocenters. The predicted octanol–water partition coefficient (Wildman–Crippen LogP) is 2.86. The van der Waals surface area contributed by atoms with E-state index in [1.165, 1.54) is 12.1 Å². The van der Waals surface area contributed by atoms with Gasteiger partial charge in [-0.3, -0.25) is 4.79 Å². The molecule has 1 fully saturated rings. The van der Waals surface area contributed by atoms with Crippen LogP contribution in [0.2, 0.25) is 0 Å². The Kier molecular flexibility index (Phi) is 3.78. The Hall–Kier alpha value is -3.10. The average Bonchev–Trinajstić information content (AvgIpc) is 3.34. The van der Waals surface area contributed by atoms with Crippen molar-refractivity contribution in [3.63, 3.8) is 0 Å². The summed E-state index contributed by atoms with van der Waals surface area (Å²) in [4.78, 5) is 22.7. The third-order valence-electron chi connectivity index (χ3n) is 5.37. The maximum absolute atomic E-state index is 13.3. The summed E-state index contributed by atoms with van der Waals surface area (Å²) in [5, 5.41) is 4.58. The monoisotopic (exact) mass is 384 g/mol. The molecule has 0 N–H and O–H groups in total. The van der Waals surface area contributed by atoms with Gasteiger partial charge in [0.05, 0.1) is 36.5 Å². The molecule has 7 nitrogen and oxygen atoms in total. The first kappa shape index (κ1) is 17.0. The van der Waals surface area contributed by atoms with E-state index in [9.17, 15) is 13.6 Å². The number of imidazole rings is 1. The molecule has 3 aromatic rings. The summed E-state index contributed by atoms with van der Waals surface area (Å²) in [5.41, 5.74) is 3.04. The Morgan fingerprint density at radius 3 is 2.89 bits per heavy atom. The minimum atomic E-state index is -2.57. The number of carbonyl (C=O) groups excluding carboxylic acids is 1. The Morgan fingerprint density at radius 1 is 1.29 bits per heavy atom. The number of likely N-dealkylation sites (tertiary alicyclic amines) is 1. The molecule has 1 amide bonds. The largest absolute Gasteiger partial charge is 0.335 e. The number of hydrogen-bond donors (Lipinski definition) is 0. The molecule has 0 unspecified atom stereocenters. The van der Waals surface area contributed by atoms with Crippen molar-refractivity contribution < 1.29 is 13.6 Å². The first-order valence-corrected chi connectivity index (χ1v) is 9.18. The van der Waals surface area contributed by atoms with Gasteiger partial charge in [0.1, 0.15) is 0 Å². The fraction of sp³-hybridized carbons (Fsp3) is 0.368. The summed E-state index contributed by atoms with van der Waals surface area (Å²) in [7, 11) is 0. The maximum Gasteiger partial charge on any atom is 0.263 e. The van der Waals surface area contributed by atoms with Gasteiger partial charge < -0.3 is 9.47 Å². The van der Waals surface area contributed by atoms with E-state index in [-0.39, 0.29) is 11.5 Å². The molecular weight excluding hydrogens is 366 g/mol. The molecule has 0 radical (unpaired) electrons. The molecule has 0 bridgehead atoms. The van der Waals surface area contributed by atoms with Gasteiger partial charge in [-0.1, -0.05) is 6.07 Å². The second kappa shape index (κ2) is 6.22. The van der Waals surface area contributed by atoms with Crippen molar-refractivity contribution in [1.29, 1.82) is 0 Å². The van der Waals surface area contributed by atoms with Crippen LogP contribution in [0.5, 0.6) is 0 Å². The number of nitrogens with zero attached hydrogens (tertiary/aromatic N) is 6. The molecule has 2 aliphatic rings. The lowest BCUT2D eigenvalue weighted by Crippen LogP contribution is -2.24. The van der Waals surface area contributed by atoms with E-state index in [1.54, 1.807) is 22.0 Å². The van der Waals surface area contributed by atoms with Gasteiger partial charge in [-0.2, -0.15) is 5.10 Å². The topological polar surface area (TPSA) is 68.8 Å². The van der Waals surface area contributed by atoms with Crippen molar-refractivity contribution in [2.24, 2.45) is 0 Å². The molecule has 28 heavy (non-hydrogen) atoms. The molecule has 2 aromatic heterocycles. The van der Waals surface area contributed by atoms with Crippen LogP contribution in [0.3, 0.4) is 0 Å². The highest BCUT2D eigenvalue weighted by Gasteiger charge is 2.27. The third-order valence-corrected chi connectivity index (χ3v) is 5.37. The third kappa shape index (κ3) is 2.61. The van der Waals surface area contributed by atoms with Gasteiger partial charge in [-0.15, -0.1) is 0 Å². The van der Waals surface area contributed by atoms with E-state index in [4.69, 9.17) is 0 Å². The Labute approximate surface area is 159 Å². The molecule has 5 rings (SSSR count). The highest BCUT2D eigenvalue weighted by atomic mass is 19.3. The zero-order valence-electron chi connectivity index (χ0n) is 15.3. The van der Waals surface area contributed by atoms with Crippen LogP contribution in [0, 0.1) is 6.92 Å². The number of carbonyl (C=O) groups is 1. The number of rotatable bonds is 3. The second-order valence-electron chi connectivity index (χ2n) is 7.15. The molecule has 4 heterocycles. The van der Waals surface area contributed by atoms with E-state index >= 15 is 0 Å². The molecule has 0 spiro atoms. The molecule has 1 aromatic carbocycles. The number of fused-ring (bicyclic) bond motifs is 5. The fourth-order valence-corrected chi connectivity index (χ4v) is 3.89. The van der Waals surface area contributed by atoms with Crippen molar-refractivity contribution >= 4 is 5.91 Å². The van der Waals surface area contributed by atoms with Gasteiger partial charge in [-0.05, 0) is 25.5 Å². The Morgan fingerprint density at radius 2 is 2.14 bits per heavy atom. The highest BCUT2D eigenvalue weighted by Crippen LogP contribution is 2.34. The lowest BCUT2D eigenvalue weighted by Gasteiger charge is -2.12. The Balaban J connectivity index is 1.65. The zero-order chi connectivity index (χ0) is 19.4. The van der Waals surface area contributed by atoms with Gasteiger partial charge in [0.25, 0.3) is 6.43 Å². The summed E-state index contributed by atoms with van der Waals surface area (Å²) in [6.07, 6.45) is 0.510. The smallest absolute Gasteiger partial charge is 0.263 e. The first-order chi connectivity index (χ1) is 13.5. The van der Waals surface area contributed by atoms with Crippen LogP contribution in [0.25, 0.3) is 17.1 Å². The summed E-state index contributed by atoms with van der Waals surface area (Å²) in [6.45, 7) is 3.37. The van der Waals surface area contributed by atoms with Crippen molar-refractivity contribution in [1.82, 2.24) is 29.2 Å². The number of alkyl halides is 2. The van der Waals surface area contributed by atoms with E-state index in [0.717, 1.165) is 23.5 Å². The Bertz CT molecular complexity index is 1090. The van der Waals surface area contributed by atoms with E-state index in [1.807, 2.05) is 11.5 Å². The number of halogens is 2. The molecule has 9 heteroatoms. The van der Waals surface area contributed by atoms with E-state index in [2.05, 4.69) is 15.1 Å². The highest BCUT2D eigenvalue weighted by molar-refractivity contribution is 5.78. The van der Waals surface area contributed by atoms with Crippen molar-refractivity contribution in [3.05, 3.63) is 47.3 Å². The normalized spacial score (nSPS) is 15.6. The lowest BCUT2D eigenvalue weighted by atomic mass is 10.1. The molecule has 2 aliphatic heterocycles. The van der Waals surface area contributed by atoms with Crippen LogP contribution < -0.4 is 0 Å². The minimum absolute atomic E-state index is 0.0649. The van der Waals surface area contributed by atoms with Crippen LogP contribution in [-0.4, -0.2) is 41.7 Å². The number of benzene rings is 1. The molecule has 1 saturated heterocycles. The number of aryl methyl sites for hydroxylation is 1. The van der Waals surface area contributed by atoms with Crippen LogP contribution in [-0.2, 0) is 17.9 Å². The van der Waals surface area contributed by atoms with Gasteiger partial charge in [0.15, 0.2) is 11.6 Å². The first-order valence-electron chi connectivity index (χ1n) is 9.18. The zero-order valence-corrected chi connectivity index (χ0v) is 15.3. The minimum Gasteiger partial charge on any atom is -0.335 e. The molecule has 144 valence electrons. The van der Waals surface area contributed by atoms with Gasteiger partial charge in [0, 0.05) is 24.1 Å². The fourth-order valence-electron chi connectivity index (χ4n) is 3.89. The molecule has 0 aliphatic carbocycles. The van der Waals surface area contributed by atoms with Crippen molar-refractivity contribution in [2.75, 3.05) is 6.54 Å². The second-order valence-corrected chi connectivity index (χ2v) is 7.15. The predicted molar refractivity (Wildman–Crippen MR) is 96.0 cm³/mol. The number of aromatic nitrogens is 5. The number of hydrogen-bond acceptors (Lipinski definition) is 4. The standard InChI is InChI=1S/C19H18F2N6O/c1-11-15-8-27-19(23-16(24-27)9-25-6-2-3-17(25)28)13-7-12(18(20)21)4-5-14(13)26(15)10-22-11/h4-5,7,10,18H,2-3,6,8-9H2,1H3. The van der Waals surface area contributed by atoms with Crippen molar-refractivity contribution in [3.8, 4) is 17.1 Å². The molecule has 0 saturated carbocycles. The van der Waals surface area contributed by atoms with Gasteiger partial charge in [0.2, 0.25) is 5.91 Å². The van der Waals surface area contributed by atoms with Gasteiger partial charge >= 0.3 is 0 Å². The molecular formula is C19H18F2N6O. The van der Waals surface area contributed by atoms with E-state index < -0.39 is 6.43 Å². The van der Waals surface area contributed by atoms with Crippen LogP contribution >= 0.6 is 0 Å². The average molecular weight is 384 g/mol. The maximum atomic E-state index is 13.3. The SMILES string of the molecule is Cc1ncn2c1Cn1nc(CN3CCCC3=O)nc1-c1cc(C(F)F)ccc1-2. The summed E-state index contributed by atoms with van der Waals surface area (Å²) in [5.74, 6) is 1.14. The summed E-state index contributed by atoms with van der Waals surface area (Å²) >= 11 is 0. The van der Waals surface area contributed by atoms with Crippen molar-refractivity contribution in [2.45, 2.75) is 39.3 Å².